The standard InChI is InChI=1S/C87H127N15O28/c1-10-13-14-15-16-17-18-29-72(111)96-63(35-54-42-91-59-26-21-19-24-56(54)59)83(123)98-62(41-71(88)110)69(108)36-53(38-76(116)117)79(119)101-77-52(6)129-85(125)64(40-67(106)57-25-20-22-27-60(57)89-12-3)99-81(121)58(50(4)34-75(114)115)39-70(109)65(45-103)97-74(113)43-92-82(122)66(47-128-49-105)100-78(118)51(5)94-80(120)55(46-127-48-104)37-68(107)61(95-73(112)44-93-84(77)124)28-23-32-102(31-11-2)33-30-90-86(126)130-87(7,8)9/h19-22,24-27,42,48-53,55,58,61-66,77,89,91,103H,10-18,23,28-41,43-47H2,1-9H3,(H2,88,110)(H,90,126)(H,92,122)(H,93,124)(H,94,120)(H,95,112)(H,96,111)(H,97,113)(H,98,123)(H,99,121)(H,100,118)(H,101,119)(H,114,115)(H,116,117)/t50-,51-,52-,53+,55+,58+,61+,62-,63+,64+,65-,66+,77+/m1/s1. The van der Waals surface area contributed by atoms with Gasteiger partial charge < -0.3 is 114 Å². The van der Waals surface area contributed by atoms with Crippen LogP contribution in [0.15, 0.2) is 54.7 Å². The normalized spacial score (nSPS) is 20.3. The van der Waals surface area contributed by atoms with E-state index in [4.69, 9.17) is 24.7 Å². The maximum Gasteiger partial charge on any atom is 0.407 e. The van der Waals surface area contributed by atoms with Gasteiger partial charge in [0.1, 0.15) is 61.2 Å². The number of Topliss-reactive ketones (excluding diaryl/α,β-unsaturated/α-hetero) is 4. The molecule has 0 unspecified atom stereocenters. The van der Waals surface area contributed by atoms with Crippen molar-refractivity contribution >= 4 is 142 Å². The van der Waals surface area contributed by atoms with Crippen LogP contribution in [0, 0.1) is 23.7 Å². The van der Waals surface area contributed by atoms with Crippen molar-refractivity contribution in [3.63, 3.8) is 0 Å². The number of nitrogens with zero attached hydrogens (tertiary/aromatic N) is 1. The smallest absolute Gasteiger partial charge is 0.407 e. The highest BCUT2D eigenvalue weighted by Gasteiger charge is 2.42. The fourth-order valence-electron chi connectivity index (χ4n) is 14.2. The van der Waals surface area contributed by atoms with Gasteiger partial charge in [0.15, 0.2) is 23.1 Å². The number of ether oxygens (including phenoxy) is 4. The van der Waals surface area contributed by atoms with E-state index in [0.29, 0.717) is 42.3 Å². The van der Waals surface area contributed by atoms with Crippen molar-refractivity contribution in [3.05, 3.63) is 65.9 Å². The number of fused-ring (bicyclic) bond motifs is 1. The second-order valence-electron chi connectivity index (χ2n) is 32.8. The number of cyclic esters (lactones) is 1. The van der Waals surface area contributed by atoms with Gasteiger partial charge in [0.2, 0.25) is 65.0 Å². The molecule has 1 saturated heterocycles. The first-order chi connectivity index (χ1) is 61.7. The van der Waals surface area contributed by atoms with E-state index in [1.54, 1.807) is 64.2 Å². The lowest BCUT2D eigenvalue weighted by molar-refractivity contribution is -0.156. The first kappa shape index (κ1) is 109. The summed E-state index contributed by atoms with van der Waals surface area (Å²) in [7, 11) is 0. The first-order valence-electron chi connectivity index (χ1n) is 43.4. The molecule has 0 bridgehead atoms. The van der Waals surface area contributed by atoms with Crippen molar-refractivity contribution in [3.8, 4) is 0 Å². The van der Waals surface area contributed by atoms with E-state index in [1.165, 1.54) is 25.1 Å². The Bertz CT molecular complexity index is 4400. The molecule has 130 heavy (non-hydrogen) atoms. The number of aromatic amines is 1. The molecule has 1 aliphatic rings. The molecular weight excluding hydrogens is 1700 g/mol. The Balaban J connectivity index is 1.96. The van der Waals surface area contributed by atoms with Crippen molar-refractivity contribution in [2.24, 2.45) is 29.4 Å². The Morgan fingerprint density at radius 1 is 0.638 bits per heavy atom. The Hall–Kier alpha value is -12.8. The second kappa shape index (κ2) is 57.2. The summed E-state index contributed by atoms with van der Waals surface area (Å²) >= 11 is 0. The number of H-pyrrole nitrogens is 1. The highest BCUT2D eigenvalue weighted by molar-refractivity contribution is 6.05. The second-order valence-corrected chi connectivity index (χ2v) is 32.8. The fourth-order valence-corrected chi connectivity index (χ4v) is 14.2. The number of unbranched alkanes of at least 4 members (excludes halogenated alkanes) is 6. The zero-order valence-electron chi connectivity index (χ0n) is 74.9. The molecule has 43 nitrogen and oxygen atoms in total. The summed E-state index contributed by atoms with van der Waals surface area (Å²) in [5.41, 5.74) is 6.16. The number of hydrogen-bond acceptors (Lipinski definition) is 28. The fraction of sp³-hybridized carbons (Fsp3) is 0.598. The Kier molecular flexibility index (Phi) is 48.2. The quantitative estimate of drug-likeness (QED) is 0.0118. The lowest BCUT2D eigenvalue weighted by atomic mass is 9.84. The third kappa shape index (κ3) is 39.8. The lowest BCUT2D eigenvalue weighted by Crippen LogP contribution is -2.57. The van der Waals surface area contributed by atoms with Gasteiger partial charge in [0.25, 0.3) is 12.9 Å². The van der Waals surface area contributed by atoms with E-state index in [9.17, 15) is 102 Å². The average Bonchev–Trinajstić information content (AvgIpc) is 1.66. The highest BCUT2D eigenvalue weighted by atomic mass is 16.6. The number of rotatable bonds is 46. The van der Waals surface area contributed by atoms with Gasteiger partial charge in [-0.1, -0.05) is 89.6 Å². The van der Waals surface area contributed by atoms with Crippen LogP contribution >= 0.6 is 0 Å². The number of aliphatic carboxylic acids is 2. The molecule has 1 aromatic heterocycles. The van der Waals surface area contributed by atoms with Gasteiger partial charge in [-0.25, -0.2) is 9.59 Å². The van der Waals surface area contributed by atoms with E-state index in [0.717, 1.165) is 46.0 Å². The number of amides is 12. The molecule has 3 aromatic rings. The van der Waals surface area contributed by atoms with E-state index in [2.05, 4.69) is 75.7 Å². The summed E-state index contributed by atoms with van der Waals surface area (Å²) in [6.45, 7) is 9.64. The van der Waals surface area contributed by atoms with Crippen LogP contribution in [-0.2, 0) is 116 Å². The third-order valence-electron chi connectivity index (χ3n) is 21.0. The molecule has 18 N–H and O–H groups in total. The van der Waals surface area contributed by atoms with E-state index in [1.807, 2.05) is 11.8 Å². The summed E-state index contributed by atoms with van der Waals surface area (Å²) in [5.74, 6) is -29.3. The SMILES string of the molecule is CCCCCCCCCC(=O)N[C@@H](Cc1c[nH]c2ccccc12)C(=O)N[C@H](CC(N)=O)C(=O)C[C@@H](CC(=O)O)C(=O)N[C@@H]1C(=O)NCC(=O)N[C@@H](CCCN(CCC)CCNC(=O)OC(C)(C)C)C(=O)C[C@@H](COC=O)C(=O)N[C@H](C)C(=O)N[C@@H](COC=O)C(=O)NCC(=O)N[C@H](CO)C(=O)C[C@@H]([C@H](C)CC(=O)O)C(=O)N[C@@H](CC(=O)c2ccccc2NCC)C(=O)O[C@@H]1C. The van der Waals surface area contributed by atoms with Gasteiger partial charge in [0.05, 0.1) is 56.5 Å². The predicted molar refractivity (Wildman–Crippen MR) is 465 cm³/mol. The van der Waals surface area contributed by atoms with Crippen molar-refractivity contribution in [1.29, 1.82) is 0 Å². The van der Waals surface area contributed by atoms with Gasteiger partial charge in [-0.15, -0.1) is 0 Å². The van der Waals surface area contributed by atoms with Gasteiger partial charge in [-0.2, -0.15) is 0 Å². The van der Waals surface area contributed by atoms with E-state index < -0.39 is 274 Å². The van der Waals surface area contributed by atoms with Crippen LogP contribution in [0.5, 0.6) is 0 Å². The van der Waals surface area contributed by atoms with Crippen molar-refractivity contribution in [2.45, 2.75) is 244 Å². The molecule has 4 rings (SSSR count). The number of para-hydroxylation sites is 2. The van der Waals surface area contributed by atoms with Gasteiger partial charge in [0, 0.05) is 98.8 Å². The Morgan fingerprint density at radius 2 is 1.26 bits per heavy atom. The Morgan fingerprint density at radius 3 is 1.90 bits per heavy atom. The first-order valence-corrected chi connectivity index (χ1v) is 43.4. The van der Waals surface area contributed by atoms with Crippen LogP contribution in [0.2, 0.25) is 0 Å². The highest BCUT2D eigenvalue weighted by Crippen LogP contribution is 2.26. The maximum atomic E-state index is 15.2. The molecule has 0 spiro atoms. The summed E-state index contributed by atoms with van der Waals surface area (Å²) in [5, 5.41) is 60.7. The molecule has 2 aromatic carbocycles. The number of carbonyl (C=O) groups excluding carboxylic acids is 19. The summed E-state index contributed by atoms with van der Waals surface area (Å²) in [4.78, 5) is 296. The molecule has 0 radical (unpaired) electrons. The molecule has 1 aliphatic heterocycles. The van der Waals surface area contributed by atoms with Crippen LogP contribution in [-0.4, -0.2) is 276 Å². The number of anilines is 1. The van der Waals surface area contributed by atoms with Gasteiger partial charge >= 0.3 is 24.0 Å². The number of esters is 1. The number of carbonyl (C=O) groups is 21. The molecule has 718 valence electrons. The number of benzene rings is 2. The van der Waals surface area contributed by atoms with Gasteiger partial charge in [-0.05, 0) is 110 Å². The summed E-state index contributed by atoms with van der Waals surface area (Å²) in [6.07, 6.45) is -2.38. The van der Waals surface area contributed by atoms with Crippen LogP contribution in [0.1, 0.15) is 194 Å². The monoisotopic (exact) mass is 1830 g/mol. The number of nitrogens with one attached hydrogen (secondary N) is 13. The zero-order chi connectivity index (χ0) is 96.7. The van der Waals surface area contributed by atoms with Crippen LogP contribution in [0.25, 0.3) is 10.9 Å². The van der Waals surface area contributed by atoms with Crippen LogP contribution in [0.4, 0.5) is 10.5 Å². The average molecular weight is 1830 g/mol. The zero-order valence-corrected chi connectivity index (χ0v) is 74.9. The topological polar surface area (TPSA) is 645 Å². The van der Waals surface area contributed by atoms with Crippen molar-refractivity contribution in [2.75, 3.05) is 71.0 Å². The summed E-state index contributed by atoms with van der Waals surface area (Å²) in [6, 6.07) is -2.31. The molecule has 0 aliphatic carbocycles. The number of aliphatic hydroxyl groups excluding tert-OH is 1. The number of ketones is 4. The number of aromatic nitrogens is 1. The number of alkyl carbamates (subject to hydrolysis) is 1. The minimum Gasteiger partial charge on any atom is -0.481 e. The van der Waals surface area contributed by atoms with Crippen molar-refractivity contribution in [1.82, 2.24) is 68.4 Å². The molecular formula is C87H127N15O28. The molecule has 13 atom stereocenters. The van der Waals surface area contributed by atoms with Crippen LogP contribution < -0.4 is 69.5 Å². The largest absolute Gasteiger partial charge is 0.481 e. The predicted octanol–water partition coefficient (Wildman–Crippen LogP) is 0.174. The number of primary amides is 1. The maximum absolute atomic E-state index is 15.2. The molecule has 0 saturated carbocycles. The van der Waals surface area contributed by atoms with Crippen LogP contribution in [0.3, 0.4) is 0 Å². The number of nitrogens with two attached hydrogens (primary N) is 1. The number of carboxylic acids is 2. The minimum absolute atomic E-state index is 0.00273. The number of carboxylic acid groups (broad SMARTS) is 2. The molecule has 1 fully saturated rings. The summed E-state index contributed by atoms with van der Waals surface area (Å²) < 4.78 is 20.9. The number of hydrogen-bond donors (Lipinski definition) is 17. The van der Waals surface area contributed by atoms with E-state index >= 15 is 14.4 Å². The molecule has 2 heterocycles. The Labute approximate surface area is 752 Å². The van der Waals surface area contributed by atoms with Crippen molar-refractivity contribution < 1.29 is 135 Å². The molecule has 43 heteroatoms. The number of aliphatic hydroxyl groups is 1. The minimum atomic E-state index is -2.39. The third-order valence-corrected chi connectivity index (χ3v) is 21.0. The lowest BCUT2D eigenvalue weighted by Gasteiger charge is -2.29. The van der Waals surface area contributed by atoms with E-state index in [-0.39, 0.29) is 76.1 Å². The molecule has 12 amide bonds. The van der Waals surface area contributed by atoms with Gasteiger partial charge in [-0.3, -0.25) is 91.1 Å².